The Bertz CT molecular complexity index is 1330. The Morgan fingerprint density at radius 3 is 2.19 bits per heavy atom. The van der Waals surface area contributed by atoms with E-state index in [1.807, 2.05) is 79.0 Å². The molecule has 4 aromatic rings. The minimum Gasteiger partial charge on any atom is -0.350 e. The lowest BCUT2D eigenvalue weighted by molar-refractivity contribution is -0.126. The molecule has 0 fully saturated rings. The van der Waals surface area contributed by atoms with Gasteiger partial charge in [-0.3, -0.25) is 19.3 Å². The Morgan fingerprint density at radius 2 is 1.56 bits per heavy atom. The standard InChI is InChI=1S/C30H28N2O3S/c1-21-9-6-7-13-27(21)29(30(35)31-20-23-10-4-3-5-11-23)32(28(34)19-26-12-8-18-36-26)25-16-14-24(15-17-25)22(2)33/h3-18,29H,19-20H2,1-2H3,(H,31,35)/t29-/m1/s1. The molecule has 0 aliphatic heterocycles. The van der Waals surface area contributed by atoms with E-state index in [0.29, 0.717) is 17.8 Å². The number of benzene rings is 3. The first-order valence-electron chi connectivity index (χ1n) is 11.8. The van der Waals surface area contributed by atoms with Gasteiger partial charge in [-0.2, -0.15) is 0 Å². The predicted molar refractivity (Wildman–Crippen MR) is 144 cm³/mol. The molecule has 3 aromatic carbocycles. The maximum absolute atomic E-state index is 13.8. The molecule has 36 heavy (non-hydrogen) atoms. The number of ketones is 1. The molecule has 0 unspecified atom stereocenters. The van der Waals surface area contributed by atoms with Crippen molar-refractivity contribution < 1.29 is 14.4 Å². The molecular weight excluding hydrogens is 468 g/mol. The van der Waals surface area contributed by atoms with Crippen LogP contribution in [0, 0.1) is 6.92 Å². The fourth-order valence-electron chi connectivity index (χ4n) is 4.11. The highest BCUT2D eigenvalue weighted by molar-refractivity contribution is 7.10. The van der Waals surface area contributed by atoms with Gasteiger partial charge in [0.2, 0.25) is 11.8 Å². The van der Waals surface area contributed by atoms with Gasteiger partial charge in [-0.1, -0.05) is 60.7 Å². The SMILES string of the molecule is CC(=O)c1ccc(N(C(=O)Cc2cccs2)[C@@H](C(=O)NCc2ccccc2)c2ccccc2C)cc1. The van der Waals surface area contributed by atoms with E-state index in [1.54, 1.807) is 29.2 Å². The Morgan fingerprint density at radius 1 is 0.861 bits per heavy atom. The lowest BCUT2D eigenvalue weighted by Crippen LogP contribution is -2.44. The second-order valence-corrected chi connectivity index (χ2v) is 9.62. The van der Waals surface area contributed by atoms with Crippen molar-refractivity contribution in [3.63, 3.8) is 0 Å². The van der Waals surface area contributed by atoms with Gasteiger partial charge in [0.25, 0.3) is 0 Å². The Kier molecular flexibility index (Phi) is 8.08. The highest BCUT2D eigenvalue weighted by Gasteiger charge is 2.33. The monoisotopic (exact) mass is 496 g/mol. The zero-order chi connectivity index (χ0) is 25.5. The van der Waals surface area contributed by atoms with Crippen LogP contribution in [0.15, 0.2) is 96.4 Å². The molecule has 1 heterocycles. The number of hydrogen-bond acceptors (Lipinski definition) is 4. The minimum atomic E-state index is -0.884. The first-order valence-corrected chi connectivity index (χ1v) is 12.6. The molecule has 4 rings (SSSR count). The molecule has 0 bridgehead atoms. The first-order chi connectivity index (χ1) is 17.4. The van der Waals surface area contributed by atoms with Gasteiger partial charge in [-0.15, -0.1) is 11.3 Å². The van der Waals surface area contributed by atoms with Crippen LogP contribution < -0.4 is 10.2 Å². The molecular formula is C30H28N2O3S. The van der Waals surface area contributed by atoms with Gasteiger partial charge in [0.05, 0.1) is 6.42 Å². The Hall–Kier alpha value is -4.03. The highest BCUT2D eigenvalue weighted by Crippen LogP contribution is 2.31. The first kappa shape index (κ1) is 25.1. The van der Waals surface area contributed by atoms with Crippen LogP contribution in [0.1, 0.15) is 44.9 Å². The maximum atomic E-state index is 13.8. The smallest absolute Gasteiger partial charge is 0.248 e. The van der Waals surface area contributed by atoms with E-state index >= 15 is 0 Å². The summed E-state index contributed by atoms with van der Waals surface area (Å²) in [5, 5.41) is 4.96. The van der Waals surface area contributed by atoms with Gasteiger partial charge < -0.3 is 5.32 Å². The second kappa shape index (κ2) is 11.6. The number of thiophene rings is 1. The number of rotatable bonds is 9. The number of hydrogen-bond donors (Lipinski definition) is 1. The summed E-state index contributed by atoms with van der Waals surface area (Å²) in [5.74, 6) is -0.534. The number of carbonyl (C=O) groups excluding carboxylic acids is 3. The fraction of sp³-hybridized carbons (Fsp3) is 0.167. The summed E-state index contributed by atoms with van der Waals surface area (Å²) in [4.78, 5) is 42.0. The molecule has 0 saturated heterocycles. The normalized spacial score (nSPS) is 11.5. The molecule has 0 aliphatic carbocycles. The van der Waals surface area contributed by atoms with E-state index in [0.717, 1.165) is 21.6 Å². The van der Waals surface area contributed by atoms with E-state index in [9.17, 15) is 14.4 Å². The zero-order valence-corrected chi connectivity index (χ0v) is 21.1. The number of amides is 2. The molecule has 6 heteroatoms. The molecule has 1 aromatic heterocycles. The van der Waals surface area contributed by atoms with Crippen molar-refractivity contribution in [3.05, 3.63) is 124 Å². The summed E-state index contributed by atoms with van der Waals surface area (Å²) in [7, 11) is 0. The lowest BCUT2D eigenvalue weighted by atomic mass is 9.97. The number of aryl methyl sites for hydroxylation is 1. The van der Waals surface area contributed by atoms with Crippen LogP contribution in [0.5, 0.6) is 0 Å². The van der Waals surface area contributed by atoms with Crippen LogP contribution in [0.4, 0.5) is 5.69 Å². The zero-order valence-electron chi connectivity index (χ0n) is 20.3. The second-order valence-electron chi connectivity index (χ2n) is 8.59. The molecule has 5 nitrogen and oxygen atoms in total. The van der Waals surface area contributed by atoms with Crippen LogP contribution in [0.2, 0.25) is 0 Å². The number of nitrogens with zero attached hydrogens (tertiary/aromatic N) is 1. The third kappa shape index (κ3) is 5.96. The summed E-state index contributed by atoms with van der Waals surface area (Å²) >= 11 is 1.50. The van der Waals surface area contributed by atoms with E-state index in [-0.39, 0.29) is 24.0 Å². The van der Waals surface area contributed by atoms with Crippen molar-refractivity contribution in [2.45, 2.75) is 32.9 Å². The summed E-state index contributed by atoms with van der Waals surface area (Å²) in [5.41, 5.74) is 3.73. The van der Waals surface area contributed by atoms with Crippen molar-refractivity contribution in [1.82, 2.24) is 5.32 Å². The molecule has 2 amide bonds. The topological polar surface area (TPSA) is 66.5 Å². The number of nitrogens with one attached hydrogen (secondary N) is 1. The van der Waals surface area contributed by atoms with Crippen LogP contribution in [-0.2, 0) is 22.6 Å². The van der Waals surface area contributed by atoms with Gasteiger partial charge in [0.15, 0.2) is 5.78 Å². The van der Waals surface area contributed by atoms with Gasteiger partial charge in [0, 0.05) is 22.7 Å². The Labute approximate surface area is 215 Å². The average Bonchev–Trinajstić information content (AvgIpc) is 3.40. The molecule has 1 atom stereocenters. The van der Waals surface area contributed by atoms with Gasteiger partial charge in [-0.05, 0) is 66.2 Å². The maximum Gasteiger partial charge on any atom is 0.248 e. The van der Waals surface area contributed by atoms with Crippen molar-refractivity contribution >= 4 is 34.6 Å². The van der Waals surface area contributed by atoms with Crippen molar-refractivity contribution in [1.29, 1.82) is 0 Å². The molecule has 0 aliphatic rings. The summed E-state index contributed by atoms with van der Waals surface area (Å²) in [6.07, 6.45) is 0.167. The predicted octanol–water partition coefficient (Wildman–Crippen LogP) is 5.89. The molecule has 1 N–H and O–H groups in total. The summed E-state index contributed by atoms with van der Waals surface area (Å²) in [6, 6.07) is 27.1. The van der Waals surface area contributed by atoms with Crippen LogP contribution in [-0.4, -0.2) is 17.6 Å². The summed E-state index contributed by atoms with van der Waals surface area (Å²) < 4.78 is 0. The average molecular weight is 497 g/mol. The van der Waals surface area contributed by atoms with E-state index in [1.165, 1.54) is 18.3 Å². The Balaban J connectivity index is 1.76. The largest absolute Gasteiger partial charge is 0.350 e. The van der Waals surface area contributed by atoms with E-state index < -0.39 is 6.04 Å². The van der Waals surface area contributed by atoms with Crippen molar-refractivity contribution in [3.8, 4) is 0 Å². The molecule has 0 radical (unpaired) electrons. The van der Waals surface area contributed by atoms with Crippen LogP contribution >= 0.6 is 11.3 Å². The number of anilines is 1. The van der Waals surface area contributed by atoms with Gasteiger partial charge in [-0.25, -0.2) is 0 Å². The van der Waals surface area contributed by atoms with Crippen LogP contribution in [0.3, 0.4) is 0 Å². The third-order valence-corrected chi connectivity index (χ3v) is 6.90. The van der Waals surface area contributed by atoms with E-state index in [4.69, 9.17) is 0 Å². The molecule has 0 saturated carbocycles. The van der Waals surface area contributed by atoms with E-state index in [2.05, 4.69) is 5.32 Å². The molecule has 182 valence electrons. The number of carbonyl (C=O) groups is 3. The number of Topliss-reactive ketones (excluding diaryl/α,β-unsaturated/α-hetero) is 1. The lowest BCUT2D eigenvalue weighted by Gasteiger charge is -2.32. The van der Waals surface area contributed by atoms with Gasteiger partial charge >= 0.3 is 0 Å². The van der Waals surface area contributed by atoms with Crippen molar-refractivity contribution in [2.24, 2.45) is 0 Å². The van der Waals surface area contributed by atoms with Crippen LogP contribution in [0.25, 0.3) is 0 Å². The highest BCUT2D eigenvalue weighted by atomic mass is 32.1. The quantitative estimate of drug-likeness (QED) is 0.294. The van der Waals surface area contributed by atoms with Crippen molar-refractivity contribution in [2.75, 3.05) is 4.90 Å². The summed E-state index contributed by atoms with van der Waals surface area (Å²) in [6.45, 7) is 3.79. The van der Waals surface area contributed by atoms with Gasteiger partial charge in [0.1, 0.15) is 6.04 Å². The minimum absolute atomic E-state index is 0.0610. The fourth-order valence-corrected chi connectivity index (χ4v) is 4.81. The molecule has 0 spiro atoms. The third-order valence-electron chi connectivity index (χ3n) is 6.03.